The average Bonchev–Trinajstić information content (AvgIpc) is 2.74. The normalized spacial score (nSPS) is 33.1. The van der Waals surface area contributed by atoms with E-state index in [1.54, 1.807) is 7.11 Å². The summed E-state index contributed by atoms with van der Waals surface area (Å²) in [5.41, 5.74) is 5.68. The van der Waals surface area contributed by atoms with Gasteiger partial charge in [-0.15, -0.1) is 0 Å². The molecule has 2 atom stereocenters. The number of hydrogen-bond donors (Lipinski definition) is 1. The fourth-order valence-corrected chi connectivity index (χ4v) is 3.41. The Labute approximate surface area is 97.1 Å². The van der Waals surface area contributed by atoms with E-state index in [9.17, 15) is 4.79 Å². The Balaban J connectivity index is 2.01. The third-order valence-electron chi connectivity index (χ3n) is 4.18. The molecule has 16 heavy (non-hydrogen) atoms. The predicted octanol–water partition coefficient (Wildman–Crippen LogP) is 0.610. The largest absolute Gasteiger partial charge is 0.384 e. The molecule has 0 aromatic rings. The summed E-state index contributed by atoms with van der Waals surface area (Å²) in [5.74, 6) is 0.863. The molecule has 0 aromatic heterocycles. The molecule has 2 N–H and O–H groups in total. The van der Waals surface area contributed by atoms with Gasteiger partial charge >= 0.3 is 0 Å². The maximum Gasteiger partial charge on any atom is 0.223 e. The van der Waals surface area contributed by atoms with Crippen molar-refractivity contribution in [3.63, 3.8) is 0 Å². The third kappa shape index (κ3) is 1.96. The molecular weight excluding hydrogens is 204 g/mol. The molecule has 4 heteroatoms. The van der Waals surface area contributed by atoms with Crippen molar-refractivity contribution in [1.82, 2.24) is 4.90 Å². The fraction of sp³-hybridized carbons (Fsp3) is 0.917. The van der Waals surface area contributed by atoms with Crippen LogP contribution in [0.1, 0.15) is 25.7 Å². The van der Waals surface area contributed by atoms with E-state index >= 15 is 0 Å². The Hall–Kier alpha value is -0.610. The topological polar surface area (TPSA) is 55.6 Å². The van der Waals surface area contributed by atoms with E-state index in [-0.39, 0.29) is 11.3 Å². The van der Waals surface area contributed by atoms with Gasteiger partial charge in [-0.1, -0.05) is 6.42 Å². The Morgan fingerprint density at radius 3 is 3.12 bits per heavy atom. The SMILES string of the molecule is COC[C@]12CCC[C@H]1CN(C(=O)CCN)C2. The average molecular weight is 226 g/mol. The Bertz CT molecular complexity index is 270. The van der Waals surface area contributed by atoms with Crippen LogP contribution in [0.25, 0.3) is 0 Å². The van der Waals surface area contributed by atoms with E-state index in [0.717, 1.165) is 19.7 Å². The molecule has 1 amide bonds. The van der Waals surface area contributed by atoms with Gasteiger partial charge in [0.25, 0.3) is 0 Å². The number of nitrogens with two attached hydrogens (primary N) is 1. The first-order chi connectivity index (χ1) is 7.72. The van der Waals surface area contributed by atoms with Crippen LogP contribution in [-0.2, 0) is 9.53 Å². The number of rotatable bonds is 4. The second kappa shape index (κ2) is 4.72. The summed E-state index contributed by atoms with van der Waals surface area (Å²) in [6, 6.07) is 0. The van der Waals surface area contributed by atoms with Gasteiger partial charge in [-0.05, 0) is 18.8 Å². The van der Waals surface area contributed by atoms with Crippen molar-refractivity contribution in [2.45, 2.75) is 25.7 Å². The van der Waals surface area contributed by atoms with Crippen LogP contribution in [0.5, 0.6) is 0 Å². The number of hydrogen-bond acceptors (Lipinski definition) is 3. The lowest BCUT2D eigenvalue weighted by atomic mass is 9.82. The minimum absolute atomic E-state index is 0.215. The molecule has 2 rings (SSSR count). The molecule has 1 aliphatic heterocycles. The van der Waals surface area contributed by atoms with Crippen molar-refractivity contribution in [3.05, 3.63) is 0 Å². The number of amides is 1. The van der Waals surface area contributed by atoms with Crippen molar-refractivity contribution in [3.8, 4) is 0 Å². The minimum Gasteiger partial charge on any atom is -0.384 e. The van der Waals surface area contributed by atoms with Crippen LogP contribution in [0.3, 0.4) is 0 Å². The Morgan fingerprint density at radius 1 is 1.62 bits per heavy atom. The molecule has 92 valence electrons. The molecule has 0 spiro atoms. The summed E-state index contributed by atoms with van der Waals surface area (Å²) in [5, 5.41) is 0. The van der Waals surface area contributed by atoms with Crippen molar-refractivity contribution in [2.24, 2.45) is 17.1 Å². The van der Waals surface area contributed by atoms with Crippen molar-refractivity contribution in [1.29, 1.82) is 0 Å². The summed E-state index contributed by atoms with van der Waals surface area (Å²) in [4.78, 5) is 13.8. The molecule has 0 unspecified atom stereocenters. The number of nitrogens with zero attached hydrogens (tertiary/aromatic N) is 1. The van der Waals surface area contributed by atoms with Gasteiger partial charge in [0.05, 0.1) is 6.61 Å². The zero-order valence-corrected chi connectivity index (χ0v) is 10.1. The minimum atomic E-state index is 0.215. The highest BCUT2D eigenvalue weighted by molar-refractivity contribution is 5.76. The number of likely N-dealkylation sites (tertiary alicyclic amines) is 1. The monoisotopic (exact) mass is 226 g/mol. The van der Waals surface area contributed by atoms with Crippen molar-refractivity contribution < 1.29 is 9.53 Å². The summed E-state index contributed by atoms with van der Waals surface area (Å²) in [6.07, 6.45) is 4.22. The maximum absolute atomic E-state index is 11.8. The summed E-state index contributed by atoms with van der Waals surface area (Å²) < 4.78 is 5.36. The zero-order chi connectivity index (χ0) is 11.6. The number of ether oxygens (including phenoxy) is 1. The number of fused-ring (bicyclic) bond motifs is 1. The molecule has 1 saturated heterocycles. The second-order valence-electron chi connectivity index (χ2n) is 5.20. The smallest absolute Gasteiger partial charge is 0.223 e. The van der Waals surface area contributed by atoms with E-state index in [1.165, 1.54) is 19.3 Å². The fourth-order valence-electron chi connectivity index (χ4n) is 3.41. The summed E-state index contributed by atoms with van der Waals surface area (Å²) in [6.45, 7) is 3.05. The van der Waals surface area contributed by atoms with Gasteiger partial charge in [0.1, 0.15) is 0 Å². The van der Waals surface area contributed by atoms with Crippen LogP contribution >= 0.6 is 0 Å². The first-order valence-electron chi connectivity index (χ1n) is 6.18. The van der Waals surface area contributed by atoms with E-state index in [2.05, 4.69) is 0 Å². The highest BCUT2D eigenvalue weighted by Gasteiger charge is 2.50. The third-order valence-corrected chi connectivity index (χ3v) is 4.18. The number of methoxy groups -OCH3 is 1. The molecule has 2 aliphatic rings. The summed E-state index contributed by atoms with van der Waals surface area (Å²) in [7, 11) is 1.76. The van der Waals surface area contributed by atoms with Gasteiger partial charge < -0.3 is 15.4 Å². The Morgan fingerprint density at radius 2 is 2.44 bits per heavy atom. The Kier molecular flexibility index (Phi) is 3.50. The van der Waals surface area contributed by atoms with Crippen LogP contribution in [0, 0.1) is 11.3 Å². The molecule has 1 heterocycles. The first-order valence-corrected chi connectivity index (χ1v) is 6.18. The molecule has 0 aromatic carbocycles. The number of carbonyl (C=O) groups is 1. The quantitative estimate of drug-likeness (QED) is 0.764. The van der Waals surface area contributed by atoms with Gasteiger partial charge in [-0.2, -0.15) is 0 Å². The maximum atomic E-state index is 11.8. The van der Waals surface area contributed by atoms with Crippen LogP contribution in [-0.4, -0.2) is 44.2 Å². The van der Waals surface area contributed by atoms with E-state index in [0.29, 0.717) is 18.9 Å². The standard InChI is InChI=1S/C12H22N2O2/c1-16-9-12-5-2-3-10(12)7-14(8-12)11(15)4-6-13/h10H,2-9,13H2,1H3/t10-,12+/m0/s1. The molecular formula is C12H22N2O2. The lowest BCUT2D eigenvalue weighted by Gasteiger charge is -2.27. The van der Waals surface area contributed by atoms with E-state index in [4.69, 9.17) is 10.5 Å². The second-order valence-corrected chi connectivity index (χ2v) is 5.20. The molecule has 4 nitrogen and oxygen atoms in total. The highest BCUT2D eigenvalue weighted by Crippen LogP contribution is 2.48. The van der Waals surface area contributed by atoms with Crippen LogP contribution in [0.15, 0.2) is 0 Å². The lowest BCUT2D eigenvalue weighted by molar-refractivity contribution is -0.130. The van der Waals surface area contributed by atoms with Gasteiger partial charge in [0, 0.05) is 38.6 Å². The van der Waals surface area contributed by atoms with Crippen molar-refractivity contribution >= 4 is 5.91 Å². The number of carbonyl (C=O) groups excluding carboxylic acids is 1. The van der Waals surface area contributed by atoms with Crippen LogP contribution < -0.4 is 5.73 Å². The molecule has 0 radical (unpaired) electrons. The van der Waals surface area contributed by atoms with Gasteiger partial charge in [-0.25, -0.2) is 0 Å². The molecule has 1 saturated carbocycles. The van der Waals surface area contributed by atoms with Crippen LogP contribution in [0.2, 0.25) is 0 Å². The van der Waals surface area contributed by atoms with Crippen molar-refractivity contribution in [2.75, 3.05) is 33.4 Å². The van der Waals surface area contributed by atoms with Gasteiger partial charge in [0.15, 0.2) is 0 Å². The molecule has 1 aliphatic carbocycles. The highest BCUT2D eigenvalue weighted by atomic mass is 16.5. The first kappa shape index (κ1) is 11.9. The van der Waals surface area contributed by atoms with Gasteiger partial charge in [0.2, 0.25) is 5.91 Å². The van der Waals surface area contributed by atoms with Gasteiger partial charge in [-0.3, -0.25) is 4.79 Å². The lowest BCUT2D eigenvalue weighted by Crippen LogP contribution is -2.35. The van der Waals surface area contributed by atoms with E-state index in [1.807, 2.05) is 4.90 Å². The molecule has 0 bridgehead atoms. The molecule has 2 fully saturated rings. The summed E-state index contributed by atoms with van der Waals surface area (Å²) >= 11 is 0. The van der Waals surface area contributed by atoms with Crippen LogP contribution in [0.4, 0.5) is 0 Å². The predicted molar refractivity (Wildman–Crippen MR) is 61.9 cm³/mol. The zero-order valence-electron chi connectivity index (χ0n) is 10.1. The van der Waals surface area contributed by atoms with E-state index < -0.39 is 0 Å².